The molecule has 3 nitrogen and oxygen atoms in total. The summed E-state index contributed by atoms with van der Waals surface area (Å²) in [5, 5.41) is 0. The fourth-order valence-corrected chi connectivity index (χ4v) is 3.27. The summed E-state index contributed by atoms with van der Waals surface area (Å²) in [5.74, 6) is 0.896. The second kappa shape index (κ2) is 8.00. The van der Waals surface area contributed by atoms with Gasteiger partial charge in [-0.1, -0.05) is 49.6 Å². The molecule has 3 rings (SSSR count). The summed E-state index contributed by atoms with van der Waals surface area (Å²) >= 11 is 0. The number of amides is 1. The van der Waals surface area contributed by atoms with E-state index in [1.165, 1.54) is 19.3 Å². The van der Waals surface area contributed by atoms with Crippen LogP contribution in [-0.4, -0.2) is 23.9 Å². The maximum atomic E-state index is 12.6. The minimum atomic E-state index is 0.108. The van der Waals surface area contributed by atoms with Crippen LogP contribution in [0.3, 0.4) is 0 Å². The third kappa shape index (κ3) is 4.16. The minimum Gasteiger partial charge on any atom is -0.489 e. The molecule has 0 heterocycles. The van der Waals surface area contributed by atoms with Crippen molar-refractivity contribution in [3.8, 4) is 5.75 Å². The number of hydrogen-bond donors (Lipinski definition) is 0. The van der Waals surface area contributed by atoms with E-state index in [2.05, 4.69) is 0 Å². The molecule has 0 atom stereocenters. The Kier molecular flexibility index (Phi) is 5.52. The van der Waals surface area contributed by atoms with Crippen LogP contribution in [0.5, 0.6) is 5.75 Å². The van der Waals surface area contributed by atoms with E-state index in [1.807, 2.05) is 66.5 Å². The molecule has 1 saturated carbocycles. The topological polar surface area (TPSA) is 29.5 Å². The Morgan fingerprint density at radius 3 is 2.33 bits per heavy atom. The molecule has 0 saturated heterocycles. The Balaban J connectivity index is 1.58. The van der Waals surface area contributed by atoms with Crippen molar-refractivity contribution >= 4 is 5.91 Å². The van der Waals surface area contributed by atoms with E-state index >= 15 is 0 Å². The smallest absolute Gasteiger partial charge is 0.253 e. The first-order valence-electron chi connectivity index (χ1n) is 8.78. The predicted molar refractivity (Wildman–Crippen MR) is 96.2 cm³/mol. The highest BCUT2D eigenvalue weighted by atomic mass is 16.5. The quantitative estimate of drug-likeness (QED) is 0.800. The number of rotatable bonds is 5. The summed E-state index contributed by atoms with van der Waals surface area (Å²) in [5.41, 5.74) is 1.87. The Morgan fingerprint density at radius 1 is 1.00 bits per heavy atom. The van der Waals surface area contributed by atoms with Gasteiger partial charge in [-0.2, -0.15) is 0 Å². The average Bonchev–Trinajstić information content (AvgIpc) is 2.67. The molecule has 24 heavy (non-hydrogen) atoms. The summed E-state index contributed by atoms with van der Waals surface area (Å²) in [6.45, 7) is 0.538. The molecule has 1 fully saturated rings. The van der Waals surface area contributed by atoms with E-state index in [-0.39, 0.29) is 5.91 Å². The lowest BCUT2D eigenvalue weighted by Gasteiger charge is -2.31. The number of nitrogens with zero attached hydrogens (tertiary/aromatic N) is 1. The molecule has 126 valence electrons. The molecule has 2 aromatic carbocycles. The fourth-order valence-electron chi connectivity index (χ4n) is 3.27. The van der Waals surface area contributed by atoms with Crippen molar-refractivity contribution < 1.29 is 9.53 Å². The lowest BCUT2D eigenvalue weighted by atomic mass is 9.94. The van der Waals surface area contributed by atoms with Crippen LogP contribution in [0.1, 0.15) is 48.0 Å². The van der Waals surface area contributed by atoms with Gasteiger partial charge in [0, 0.05) is 18.7 Å². The Morgan fingerprint density at radius 2 is 1.67 bits per heavy atom. The van der Waals surface area contributed by atoms with Crippen molar-refractivity contribution in [2.45, 2.75) is 44.8 Å². The summed E-state index contributed by atoms with van der Waals surface area (Å²) < 4.78 is 5.78. The highest BCUT2D eigenvalue weighted by molar-refractivity contribution is 5.94. The molecule has 0 radical (unpaired) electrons. The van der Waals surface area contributed by atoms with Gasteiger partial charge in [-0.15, -0.1) is 0 Å². The van der Waals surface area contributed by atoms with Crippen molar-refractivity contribution in [1.29, 1.82) is 0 Å². The van der Waals surface area contributed by atoms with Gasteiger partial charge < -0.3 is 9.64 Å². The van der Waals surface area contributed by atoms with E-state index in [9.17, 15) is 4.79 Å². The van der Waals surface area contributed by atoms with Crippen molar-refractivity contribution in [3.05, 3.63) is 65.7 Å². The summed E-state index contributed by atoms with van der Waals surface area (Å²) in [6, 6.07) is 17.9. The first-order valence-corrected chi connectivity index (χ1v) is 8.78. The van der Waals surface area contributed by atoms with Gasteiger partial charge in [0.25, 0.3) is 5.91 Å². The van der Waals surface area contributed by atoms with Crippen LogP contribution in [-0.2, 0) is 6.61 Å². The molecule has 0 aliphatic heterocycles. The minimum absolute atomic E-state index is 0.108. The van der Waals surface area contributed by atoms with Crippen LogP contribution in [0.2, 0.25) is 0 Å². The molecule has 2 aromatic rings. The predicted octanol–water partition coefficient (Wildman–Crippen LogP) is 4.67. The lowest BCUT2D eigenvalue weighted by molar-refractivity contribution is 0.0696. The van der Waals surface area contributed by atoms with Crippen LogP contribution >= 0.6 is 0 Å². The van der Waals surface area contributed by atoms with E-state index < -0.39 is 0 Å². The van der Waals surface area contributed by atoms with Gasteiger partial charge in [-0.05, 0) is 42.7 Å². The van der Waals surface area contributed by atoms with Gasteiger partial charge in [0.2, 0.25) is 0 Å². The molecule has 1 aliphatic rings. The maximum Gasteiger partial charge on any atom is 0.253 e. The molecule has 0 bridgehead atoms. The van der Waals surface area contributed by atoms with Gasteiger partial charge in [-0.3, -0.25) is 4.79 Å². The van der Waals surface area contributed by atoms with Crippen LogP contribution in [0, 0.1) is 0 Å². The highest BCUT2D eigenvalue weighted by Crippen LogP contribution is 2.23. The summed E-state index contributed by atoms with van der Waals surface area (Å²) in [7, 11) is 1.93. The van der Waals surface area contributed by atoms with Crippen molar-refractivity contribution in [2.24, 2.45) is 0 Å². The number of carbonyl (C=O) groups is 1. The van der Waals surface area contributed by atoms with Crippen molar-refractivity contribution in [3.63, 3.8) is 0 Å². The van der Waals surface area contributed by atoms with Gasteiger partial charge in [-0.25, -0.2) is 0 Å². The molecule has 0 unspecified atom stereocenters. The fraction of sp³-hybridized carbons (Fsp3) is 0.381. The zero-order chi connectivity index (χ0) is 16.8. The number of hydrogen-bond acceptors (Lipinski definition) is 2. The average molecular weight is 323 g/mol. The Bertz CT molecular complexity index is 645. The van der Waals surface area contributed by atoms with Crippen molar-refractivity contribution in [1.82, 2.24) is 4.90 Å². The molecule has 0 aromatic heterocycles. The maximum absolute atomic E-state index is 12.6. The first kappa shape index (κ1) is 16.6. The van der Waals surface area contributed by atoms with Crippen LogP contribution in [0.25, 0.3) is 0 Å². The van der Waals surface area contributed by atoms with Crippen LogP contribution in [0.15, 0.2) is 54.6 Å². The van der Waals surface area contributed by atoms with Gasteiger partial charge in [0.15, 0.2) is 0 Å². The number of benzene rings is 2. The summed E-state index contributed by atoms with van der Waals surface area (Å²) in [4.78, 5) is 14.5. The second-order valence-electron chi connectivity index (χ2n) is 6.51. The molecule has 1 aliphatic carbocycles. The Labute approximate surface area is 144 Å². The number of ether oxygens (including phenoxy) is 1. The molecule has 3 heteroatoms. The van der Waals surface area contributed by atoms with Crippen LogP contribution in [0.4, 0.5) is 0 Å². The van der Waals surface area contributed by atoms with E-state index in [0.29, 0.717) is 12.6 Å². The van der Waals surface area contributed by atoms with E-state index in [1.54, 1.807) is 0 Å². The standard InChI is InChI=1S/C21H25NO2/c1-22(19-10-6-3-7-11-19)21(23)18-12-14-20(15-13-18)24-16-17-8-4-2-5-9-17/h2,4-5,8-9,12-15,19H,3,6-7,10-11,16H2,1H3. The monoisotopic (exact) mass is 323 g/mol. The summed E-state index contributed by atoms with van der Waals surface area (Å²) in [6.07, 6.45) is 6.01. The van der Waals surface area contributed by atoms with Crippen molar-refractivity contribution in [2.75, 3.05) is 7.05 Å². The first-order chi connectivity index (χ1) is 11.7. The molecule has 0 spiro atoms. The zero-order valence-electron chi connectivity index (χ0n) is 14.3. The largest absolute Gasteiger partial charge is 0.489 e. The normalized spacial score (nSPS) is 15.0. The number of carbonyl (C=O) groups excluding carboxylic acids is 1. The van der Waals surface area contributed by atoms with Gasteiger partial charge >= 0.3 is 0 Å². The zero-order valence-corrected chi connectivity index (χ0v) is 14.3. The van der Waals surface area contributed by atoms with E-state index in [4.69, 9.17) is 4.74 Å². The van der Waals surface area contributed by atoms with Crippen LogP contribution < -0.4 is 4.74 Å². The molecular weight excluding hydrogens is 298 g/mol. The Hall–Kier alpha value is -2.29. The molecule has 0 N–H and O–H groups in total. The van der Waals surface area contributed by atoms with Gasteiger partial charge in [0.1, 0.15) is 12.4 Å². The van der Waals surface area contributed by atoms with E-state index in [0.717, 1.165) is 29.7 Å². The molecule has 1 amide bonds. The lowest BCUT2D eigenvalue weighted by Crippen LogP contribution is -2.38. The molecular formula is C21H25NO2. The SMILES string of the molecule is CN(C(=O)c1ccc(OCc2ccccc2)cc1)C1CCCCC1. The second-order valence-corrected chi connectivity index (χ2v) is 6.51. The third-order valence-electron chi connectivity index (χ3n) is 4.79. The highest BCUT2D eigenvalue weighted by Gasteiger charge is 2.22. The third-order valence-corrected chi connectivity index (χ3v) is 4.79. The van der Waals surface area contributed by atoms with Gasteiger partial charge in [0.05, 0.1) is 0 Å².